The third-order valence-electron chi connectivity index (χ3n) is 7.61. The maximum Gasteiger partial charge on any atom is 0.410 e. The molecule has 6 rings (SSSR count). The molecular formula is C21H26BrNO3. The summed E-state index contributed by atoms with van der Waals surface area (Å²) in [4.78, 5) is 14.9. The topological polar surface area (TPSA) is 49.8 Å². The van der Waals surface area contributed by atoms with Gasteiger partial charge in [0, 0.05) is 29.3 Å². The van der Waals surface area contributed by atoms with Crippen LogP contribution in [0.2, 0.25) is 0 Å². The second-order valence-corrected chi connectivity index (χ2v) is 9.98. The number of amides is 1. The summed E-state index contributed by atoms with van der Waals surface area (Å²) in [6.45, 7) is 2.81. The van der Waals surface area contributed by atoms with Crippen LogP contribution >= 0.6 is 15.9 Å². The molecule has 4 bridgehead atoms. The largest absolute Gasteiger partial charge is 0.442 e. The number of halogens is 1. The fourth-order valence-corrected chi connectivity index (χ4v) is 6.79. The van der Waals surface area contributed by atoms with Crippen LogP contribution in [0.15, 0.2) is 28.7 Å². The van der Waals surface area contributed by atoms with E-state index in [1.165, 1.54) is 0 Å². The molecule has 1 amide bonds. The molecule has 5 fully saturated rings. The van der Waals surface area contributed by atoms with E-state index in [-0.39, 0.29) is 17.7 Å². The fourth-order valence-electron chi connectivity index (χ4n) is 6.52. The van der Waals surface area contributed by atoms with Gasteiger partial charge in [0.1, 0.15) is 5.60 Å². The maximum absolute atomic E-state index is 13.0. The lowest BCUT2D eigenvalue weighted by Crippen LogP contribution is -2.67. The van der Waals surface area contributed by atoms with Crippen molar-refractivity contribution in [2.45, 2.75) is 62.7 Å². The molecule has 1 aliphatic heterocycles. The Hall–Kier alpha value is -1.07. The SMILES string of the molecule is C[C@@H](c1ccc(Br)cc1)N1CCC2(OC1=O)[C@H]1CC3C[C@H]2CC(O)(C3)C1. The second-order valence-electron chi connectivity index (χ2n) is 9.06. The van der Waals surface area contributed by atoms with Crippen molar-refractivity contribution in [3.8, 4) is 0 Å². The summed E-state index contributed by atoms with van der Waals surface area (Å²) in [5.41, 5.74) is 0.312. The van der Waals surface area contributed by atoms with Gasteiger partial charge in [-0.05, 0) is 62.6 Å². The summed E-state index contributed by atoms with van der Waals surface area (Å²) >= 11 is 3.46. The number of carbonyl (C=O) groups excluding carboxylic acids is 1. The molecule has 0 aromatic heterocycles. The highest BCUT2D eigenvalue weighted by atomic mass is 79.9. The third kappa shape index (κ3) is 2.46. The van der Waals surface area contributed by atoms with E-state index >= 15 is 0 Å². The van der Waals surface area contributed by atoms with Crippen LogP contribution in [-0.4, -0.2) is 33.8 Å². The van der Waals surface area contributed by atoms with Gasteiger partial charge < -0.3 is 14.7 Å². The summed E-state index contributed by atoms with van der Waals surface area (Å²) in [5, 5.41) is 10.8. The van der Waals surface area contributed by atoms with Crippen LogP contribution in [0.3, 0.4) is 0 Å². The summed E-state index contributed by atoms with van der Waals surface area (Å²) in [6.07, 6.45) is 5.55. The Balaban J connectivity index is 1.36. The van der Waals surface area contributed by atoms with Crippen LogP contribution < -0.4 is 0 Å². The molecule has 1 aromatic rings. The van der Waals surface area contributed by atoms with E-state index in [1.807, 2.05) is 17.0 Å². The zero-order chi connectivity index (χ0) is 18.1. The lowest BCUT2D eigenvalue weighted by molar-refractivity contribution is -0.240. The predicted octanol–water partition coefficient (Wildman–Crippen LogP) is 4.66. The van der Waals surface area contributed by atoms with Gasteiger partial charge in [0.2, 0.25) is 0 Å². The van der Waals surface area contributed by atoms with E-state index < -0.39 is 5.60 Å². The number of nitrogens with zero attached hydrogens (tertiary/aromatic N) is 1. The molecule has 140 valence electrons. The third-order valence-corrected chi connectivity index (χ3v) is 8.14. The Bertz CT molecular complexity index is 717. The number of aliphatic hydroxyl groups is 1. The average Bonchev–Trinajstić information content (AvgIpc) is 2.59. The molecule has 1 heterocycles. The number of hydrogen-bond acceptors (Lipinski definition) is 3. The van der Waals surface area contributed by atoms with Gasteiger partial charge >= 0.3 is 6.09 Å². The Morgan fingerprint density at radius 1 is 1.19 bits per heavy atom. The molecular weight excluding hydrogens is 394 g/mol. The Labute approximate surface area is 163 Å². The Morgan fingerprint density at radius 2 is 1.85 bits per heavy atom. The van der Waals surface area contributed by atoms with E-state index in [0.717, 1.165) is 55.1 Å². The summed E-state index contributed by atoms with van der Waals surface area (Å²) in [5.74, 6) is 1.31. The monoisotopic (exact) mass is 419 g/mol. The van der Waals surface area contributed by atoms with Crippen LogP contribution in [0.4, 0.5) is 4.79 Å². The summed E-state index contributed by atoms with van der Waals surface area (Å²) < 4.78 is 7.28. The molecule has 1 aromatic carbocycles. The van der Waals surface area contributed by atoms with Crippen LogP contribution in [-0.2, 0) is 4.74 Å². The number of carbonyl (C=O) groups is 1. The molecule has 1 saturated heterocycles. The molecule has 26 heavy (non-hydrogen) atoms. The molecule has 1 spiro atoms. The lowest BCUT2D eigenvalue weighted by atomic mass is 9.47. The first-order valence-corrected chi connectivity index (χ1v) is 10.7. The highest BCUT2D eigenvalue weighted by Crippen LogP contribution is 2.62. The van der Waals surface area contributed by atoms with Gasteiger partial charge in [0.15, 0.2) is 0 Å². The molecule has 4 saturated carbocycles. The van der Waals surface area contributed by atoms with E-state index in [4.69, 9.17) is 4.74 Å². The smallest absolute Gasteiger partial charge is 0.410 e. The average molecular weight is 420 g/mol. The first-order valence-electron chi connectivity index (χ1n) is 9.86. The molecule has 5 aliphatic rings. The molecule has 4 aliphatic carbocycles. The van der Waals surface area contributed by atoms with Crippen molar-refractivity contribution in [3.05, 3.63) is 34.3 Å². The van der Waals surface area contributed by atoms with Crippen molar-refractivity contribution in [2.75, 3.05) is 6.54 Å². The van der Waals surface area contributed by atoms with E-state index in [0.29, 0.717) is 17.8 Å². The first-order chi connectivity index (χ1) is 12.4. The van der Waals surface area contributed by atoms with Crippen molar-refractivity contribution in [1.82, 2.24) is 4.90 Å². The van der Waals surface area contributed by atoms with Crippen LogP contribution in [0.5, 0.6) is 0 Å². The van der Waals surface area contributed by atoms with Crippen molar-refractivity contribution >= 4 is 22.0 Å². The number of benzene rings is 1. The second kappa shape index (κ2) is 5.71. The van der Waals surface area contributed by atoms with Crippen molar-refractivity contribution in [3.63, 3.8) is 0 Å². The lowest BCUT2D eigenvalue weighted by Gasteiger charge is -2.64. The van der Waals surface area contributed by atoms with Crippen molar-refractivity contribution < 1.29 is 14.6 Å². The summed E-state index contributed by atoms with van der Waals surface area (Å²) in [7, 11) is 0. The van der Waals surface area contributed by atoms with E-state index in [9.17, 15) is 9.90 Å². The zero-order valence-electron chi connectivity index (χ0n) is 15.2. The predicted molar refractivity (Wildman–Crippen MR) is 102 cm³/mol. The zero-order valence-corrected chi connectivity index (χ0v) is 16.7. The molecule has 4 nitrogen and oxygen atoms in total. The molecule has 0 unspecified atom stereocenters. The first kappa shape index (κ1) is 17.1. The minimum absolute atomic E-state index is 0.00830. The maximum atomic E-state index is 13.0. The highest BCUT2D eigenvalue weighted by Gasteiger charge is 2.64. The standard InChI is InChI=1S/C21H26BrNO3/c1-13(15-2-4-18(22)5-3-15)23-7-6-21(26-19(23)24)16-8-14-9-17(21)12-20(25,10-14)11-16/h2-5,13-14,16-17,25H,6-12H2,1H3/t13-,14?,16-,17-,20?,21?/m0/s1. The van der Waals surface area contributed by atoms with Crippen molar-refractivity contribution in [2.24, 2.45) is 17.8 Å². The minimum atomic E-state index is -0.490. The van der Waals surface area contributed by atoms with Crippen LogP contribution in [0.25, 0.3) is 0 Å². The highest BCUT2D eigenvalue weighted by molar-refractivity contribution is 9.10. The Morgan fingerprint density at radius 3 is 2.42 bits per heavy atom. The Kier molecular flexibility index (Phi) is 3.75. The molecule has 3 atom stereocenters. The van der Waals surface area contributed by atoms with Crippen molar-refractivity contribution in [1.29, 1.82) is 0 Å². The van der Waals surface area contributed by atoms with Gasteiger partial charge in [0.05, 0.1) is 11.6 Å². The van der Waals surface area contributed by atoms with Gasteiger partial charge in [-0.1, -0.05) is 28.1 Å². The molecule has 5 heteroatoms. The number of ether oxygens (including phenoxy) is 1. The number of rotatable bonds is 2. The molecule has 0 radical (unpaired) electrons. The number of hydrogen-bond donors (Lipinski definition) is 1. The van der Waals surface area contributed by atoms with Gasteiger partial charge in [-0.3, -0.25) is 0 Å². The normalized spacial score (nSPS) is 42.2. The van der Waals surface area contributed by atoms with E-state index in [2.05, 4.69) is 35.0 Å². The van der Waals surface area contributed by atoms with Gasteiger partial charge in [0.25, 0.3) is 0 Å². The van der Waals surface area contributed by atoms with Gasteiger partial charge in [-0.15, -0.1) is 0 Å². The quantitative estimate of drug-likeness (QED) is 0.757. The summed E-state index contributed by atoms with van der Waals surface area (Å²) in [6, 6.07) is 8.16. The van der Waals surface area contributed by atoms with Crippen LogP contribution in [0.1, 0.15) is 57.1 Å². The molecule has 1 N–H and O–H groups in total. The van der Waals surface area contributed by atoms with Gasteiger partial charge in [-0.25, -0.2) is 4.79 Å². The van der Waals surface area contributed by atoms with Gasteiger partial charge in [-0.2, -0.15) is 0 Å². The fraction of sp³-hybridized carbons (Fsp3) is 0.667. The van der Waals surface area contributed by atoms with E-state index in [1.54, 1.807) is 0 Å². The minimum Gasteiger partial charge on any atom is -0.442 e. The van der Waals surface area contributed by atoms with Crippen LogP contribution in [0, 0.1) is 17.8 Å².